The van der Waals surface area contributed by atoms with Crippen LogP contribution < -0.4 is 5.32 Å². The lowest BCUT2D eigenvalue weighted by Gasteiger charge is -2.30. The van der Waals surface area contributed by atoms with E-state index >= 15 is 0 Å². The van der Waals surface area contributed by atoms with E-state index < -0.39 is 45.1 Å². The van der Waals surface area contributed by atoms with Crippen molar-refractivity contribution >= 4 is 95.5 Å². The maximum absolute atomic E-state index is 13.5. The Kier molecular flexibility index (Phi) is 8.30. The van der Waals surface area contributed by atoms with Crippen LogP contribution in [-0.2, 0) is 19.6 Å². The highest BCUT2D eigenvalue weighted by atomic mass is 127. The zero-order chi connectivity index (χ0) is 22.2. The molecule has 1 N–H and O–H groups in total. The van der Waals surface area contributed by atoms with Crippen LogP contribution in [0.2, 0.25) is 0 Å². The van der Waals surface area contributed by atoms with Gasteiger partial charge in [0.25, 0.3) is 6.10 Å². The van der Waals surface area contributed by atoms with E-state index in [1.165, 1.54) is 51.2 Å². The molecule has 7 nitrogen and oxygen atoms in total. The quantitative estimate of drug-likeness (QED) is 0.212. The van der Waals surface area contributed by atoms with Crippen molar-refractivity contribution in [2.75, 3.05) is 5.32 Å². The first-order valence-electron chi connectivity index (χ1n) is 6.47. The average molecular weight is 768 g/mol. The van der Waals surface area contributed by atoms with Gasteiger partial charge in [-0.1, -0.05) is 0 Å². The predicted octanol–water partition coefficient (Wildman–Crippen LogP) is 3.68. The normalized spacial score (nSPS) is 13.8. The number of rotatable bonds is 5. The summed E-state index contributed by atoms with van der Waals surface area (Å²) in [5, 5.41) is -3.64. The van der Waals surface area contributed by atoms with Gasteiger partial charge in [-0.05, 0) is 73.8 Å². The molecule has 0 fully saturated rings. The third-order valence-corrected chi connectivity index (χ3v) is 6.50. The number of carbonyl (C=O) groups is 2. The molecule has 0 bridgehead atoms. The van der Waals surface area contributed by atoms with Crippen LogP contribution in [0.3, 0.4) is 0 Å². The SMILES string of the molecule is CC(=O)Nc1c(I)cc(I)c(C(=O)OC(C(F)(F)F)C(F)(F)S(=O)(=O)[O-])c1I. The first-order chi connectivity index (χ1) is 12.4. The first kappa shape index (κ1) is 25.9. The van der Waals surface area contributed by atoms with Gasteiger partial charge in [0.1, 0.15) is 0 Å². The lowest BCUT2D eigenvalue weighted by atomic mass is 10.2. The molecule has 28 heavy (non-hydrogen) atoms. The van der Waals surface area contributed by atoms with E-state index in [1.54, 1.807) is 22.6 Å². The minimum atomic E-state index is -6.81. The van der Waals surface area contributed by atoms with E-state index in [1.807, 2.05) is 0 Å². The maximum Gasteiger partial charge on any atom is 0.432 e. The van der Waals surface area contributed by atoms with Crippen molar-refractivity contribution in [2.24, 2.45) is 0 Å². The van der Waals surface area contributed by atoms with Crippen molar-refractivity contribution < 1.29 is 49.2 Å². The van der Waals surface area contributed by atoms with E-state index in [-0.39, 0.29) is 12.8 Å². The van der Waals surface area contributed by atoms with Gasteiger partial charge in [-0.3, -0.25) is 4.79 Å². The molecule has 158 valence electrons. The molecule has 1 aromatic rings. The smallest absolute Gasteiger partial charge is 0.432 e. The van der Waals surface area contributed by atoms with Crippen LogP contribution in [0.1, 0.15) is 17.3 Å². The highest BCUT2D eigenvalue weighted by Crippen LogP contribution is 2.39. The van der Waals surface area contributed by atoms with Crippen LogP contribution in [0, 0.1) is 10.7 Å². The number of hydrogen-bond donors (Lipinski definition) is 1. The Hall–Kier alpha value is -0.0900. The Morgan fingerprint density at radius 2 is 1.64 bits per heavy atom. The number of esters is 1. The fraction of sp³-hybridized carbons (Fsp3) is 0.333. The van der Waals surface area contributed by atoms with E-state index in [4.69, 9.17) is 0 Å². The Labute approximate surface area is 195 Å². The Bertz CT molecular complexity index is 921. The molecule has 1 unspecified atom stereocenters. The molecule has 1 atom stereocenters. The molecule has 1 amide bonds. The summed E-state index contributed by atoms with van der Waals surface area (Å²) in [5.41, 5.74) is -0.619. The lowest BCUT2D eigenvalue weighted by molar-refractivity contribution is -0.248. The zero-order valence-electron chi connectivity index (χ0n) is 13.0. The van der Waals surface area contributed by atoms with Gasteiger partial charge in [0.2, 0.25) is 5.91 Å². The van der Waals surface area contributed by atoms with Crippen molar-refractivity contribution in [3.05, 3.63) is 22.3 Å². The van der Waals surface area contributed by atoms with E-state index in [9.17, 15) is 44.5 Å². The molecule has 0 radical (unpaired) electrons. The average Bonchev–Trinajstić information content (AvgIpc) is 2.46. The molecular formula is C12H6F5I3NO6S-. The van der Waals surface area contributed by atoms with Crippen molar-refractivity contribution in [1.29, 1.82) is 0 Å². The number of amides is 1. The van der Waals surface area contributed by atoms with E-state index in [0.717, 1.165) is 6.92 Å². The fourth-order valence-corrected chi connectivity index (χ4v) is 6.22. The van der Waals surface area contributed by atoms with Gasteiger partial charge in [-0.2, -0.15) is 22.0 Å². The van der Waals surface area contributed by atoms with Gasteiger partial charge in [-0.25, -0.2) is 13.2 Å². The number of hydrogen-bond acceptors (Lipinski definition) is 6. The number of benzene rings is 1. The number of anilines is 1. The monoisotopic (exact) mass is 768 g/mol. The molecule has 0 aliphatic rings. The topological polar surface area (TPSA) is 113 Å². The number of carbonyl (C=O) groups excluding carboxylic acids is 2. The third kappa shape index (κ3) is 5.74. The summed E-state index contributed by atoms with van der Waals surface area (Å²) in [5.74, 6) is -2.55. The zero-order valence-corrected chi connectivity index (χ0v) is 20.3. The fourth-order valence-electron chi connectivity index (χ4n) is 1.69. The second-order valence-electron chi connectivity index (χ2n) is 4.93. The highest BCUT2D eigenvalue weighted by molar-refractivity contribution is 14.1. The molecule has 0 heterocycles. The minimum absolute atomic E-state index is 0.00725. The van der Waals surface area contributed by atoms with E-state index in [0.29, 0.717) is 3.57 Å². The van der Waals surface area contributed by atoms with Gasteiger partial charge >= 0.3 is 17.4 Å². The van der Waals surface area contributed by atoms with Crippen molar-refractivity contribution in [1.82, 2.24) is 0 Å². The van der Waals surface area contributed by atoms with Crippen LogP contribution in [0.4, 0.5) is 27.6 Å². The summed E-state index contributed by atoms with van der Waals surface area (Å²) in [6.45, 7) is 1.11. The number of nitrogens with one attached hydrogen (secondary N) is 1. The Morgan fingerprint density at radius 3 is 2.04 bits per heavy atom. The molecule has 16 heteroatoms. The largest absolute Gasteiger partial charge is 0.743 e. The minimum Gasteiger partial charge on any atom is -0.743 e. The molecule has 1 rings (SSSR count). The lowest BCUT2D eigenvalue weighted by Crippen LogP contribution is -2.52. The predicted molar refractivity (Wildman–Crippen MR) is 109 cm³/mol. The molecule has 0 saturated heterocycles. The van der Waals surface area contributed by atoms with Gasteiger partial charge in [-0.15, -0.1) is 0 Å². The van der Waals surface area contributed by atoms with E-state index in [2.05, 4.69) is 10.1 Å². The molecule has 0 spiro atoms. The van der Waals surface area contributed by atoms with Crippen LogP contribution in [0.15, 0.2) is 6.07 Å². The van der Waals surface area contributed by atoms with Crippen molar-refractivity contribution in [3.8, 4) is 0 Å². The van der Waals surface area contributed by atoms with Crippen LogP contribution >= 0.6 is 67.8 Å². The number of ether oxygens (including phenoxy) is 1. The highest BCUT2D eigenvalue weighted by Gasteiger charge is 2.63. The second-order valence-corrected chi connectivity index (χ2v) is 9.78. The van der Waals surface area contributed by atoms with Gasteiger partial charge < -0.3 is 14.6 Å². The summed E-state index contributed by atoms with van der Waals surface area (Å²) in [6.07, 6.45) is -10.6. The number of alkyl halides is 5. The molecule has 1 aromatic carbocycles. The number of halogens is 8. The van der Waals surface area contributed by atoms with Crippen LogP contribution in [-0.4, -0.2) is 42.4 Å². The van der Waals surface area contributed by atoms with Crippen molar-refractivity contribution in [2.45, 2.75) is 24.5 Å². The molecular weight excluding hydrogens is 762 g/mol. The molecule has 0 aliphatic heterocycles. The summed E-state index contributed by atoms with van der Waals surface area (Å²) in [6, 6.07) is 1.25. The van der Waals surface area contributed by atoms with Gasteiger partial charge in [0, 0.05) is 14.1 Å². The van der Waals surface area contributed by atoms with Gasteiger partial charge in [0.05, 0.1) is 14.8 Å². The summed E-state index contributed by atoms with van der Waals surface area (Å²) < 4.78 is 101. The summed E-state index contributed by atoms with van der Waals surface area (Å²) in [7, 11) is -6.81. The standard InChI is InChI=1S/C12H7F5I3NO6S/c1-3(22)21-8-5(19)2-4(18)6(7(8)20)9(23)27-10(11(13,14)15)12(16,17)28(24,25)26/h2,10H,1H3,(H,21,22)(H,24,25,26)/p-1. The second kappa shape index (κ2) is 8.96. The van der Waals surface area contributed by atoms with Crippen LogP contribution in [0.5, 0.6) is 0 Å². The first-order valence-corrected chi connectivity index (χ1v) is 11.1. The molecule has 0 aromatic heterocycles. The maximum atomic E-state index is 13.5. The Morgan fingerprint density at radius 1 is 1.14 bits per heavy atom. The Balaban J connectivity index is 3.51. The summed E-state index contributed by atoms with van der Waals surface area (Å²) in [4.78, 5) is 23.4. The van der Waals surface area contributed by atoms with Crippen LogP contribution in [0.25, 0.3) is 0 Å². The third-order valence-electron chi connectivity index (χ3n) is 2.84. The van der Waals surface area contributed by atoms with Gasteiger partial charge in [0.15, 0.2) is 10.1 Å². The summed E-state index contributed by atoms with van der Waals surface area (Å²) >= 11 is 4.73. The molecule has 0 aliphatic carbocycles. The van der Waals surface area contributed by atoms with Crippen molar-refractivity contribution in [3.63, 3.8) is 0 Å². The molecule has 0 saturated carbocycles.